The summed E-state index contributed by atoms with van der Waals surface area (Å²) in [5, 5.41) is 0.927. The van der Waals surface area contributed by atoms with Gasteiger partial charge in [-0.3, -0.25) is 4.79 Å². The lowest BCUT2D eigenvalue weighted by molar-refractivity contribution is 0.0610. The maximum Gasteiger partial charge on any atom is 0.266 e. The molecule has 5 rings (SSSR count). The third-order valence-electron chi connectivity index (χ3n) is 7.68. The molecular weight excluding hydrogens is 531 g/mol. The molecule has 4 nitrogen and oxygen atoms in total. The molecule has 0 unspecified atom stereocenters. The van der Waals surface area contributed by atoms with Crippen LogP contribution in [-0.2, 0) is 6.54 Å². The normalized spacial score (nSPS) is 17.3. The first-order chi connectivity index (χ1) is 18.8. The van der Waals surface area contributed by atoms with E-state index in [0.29, 0.717) is 32.3 Å². The molecule has 0 aliphatic heterocycles. The van der Waals surface area contributed by atoms with Gasteiger partial charge in [-0.1, -0.05) is 60.7 Å². The monoisotopic (exact) mass is 562 g/mol. The Morgan fingerprint density at radius 1 is 1.13 bits per heavy atom. The SMILES string of the molecule is C=Cc1ccc(-c2ccc(OC)c(CN(C(=O)c3sc4c(F)ccc(C)c4c3Cl)[C@H]3CC[C@H](N)CC3)c2)cc1. The molecule has 0 radical (unpaired) electrons. The highest BCUT2D eigenvalue weighted by molar-refractivity contribution is 7.21. The van der Waals surface area contributed by atoms with E-state index in [2.05, 4.69) is 24.8 Å². The summed E-state index contributed by atoms with van der Waals surface area (Å²) in [6.45, 7) is 6.05. The number of nitrogens with zero attached hydrogens (tertiary/aromatic N) is 1. The molecule has 2 N–H and O–H groups in total. The van der Waals surface area contributed by atoms with Gasteiger partial charge < -0.3 is 15.4 Å². The van der Waals surface area contributed by atoms with Crippen LogP contribution >= 0.6 is 22.9 Å². The lowest BCUT2D eigenvalue weighted by Crippen LogP contribution is -2.43. The number of aryl methyl sites for hydroxylation is 1. The van der Waals surface area contributed by atoms with Crippen LogP contribution in [0.15, 0.2) is 61.2 Å². The second-order valence-electron chi connectivity index (χ2n) is 10.2. The first-order valence-electron chi connectivity index (χ1n) is 13.1. The summed E-state index contributed by atoms with van der Waals surface area (Å²) >= 11 is 7.90. The van der Waals surface area contributed by atoms with Gasteiger partial charge >= 0.3 is 0 Å². The zero-order valence-corrected chi connectivity index (χ0v) is 23.7. The van der Waals surface area contributed by atoms with Crippen molar-refractivity contribution in [1.29, 1.82) is 0 Å². The predicted molar refractivity (Wildman–Crippen MR) is 160 cm³/mol. The van der Waals surface area contributed by atoms with E-state index in [1.165, 1.54) is 6.07 Å². The number of halogens is 2. The van der Waals surface area contributed by atoms with Gasteiger partial charge in [0.2, 0.25) is 0 Å². The van der Waals surface area contributed by atoms with E-state index < -0.39 is 0 Å². The van der Waals surface area contributed by atoms with Crippen molar-refractivity contribution in [3.63, 3.8) is 0 Å². The van der Waals surface area contributed by atoms with Gasteiger partial charge in [0, 0.05) is 29.6 Å². The lowest BCUT2D eigenvalue weighted by Gasteiger charge is -2.36. The van der Waals surface area contributed by atoms with Gasteiger partial charge in [-0.25, -0.2) is 4.39 Å². The summed E-state index contributed by atoms with van der Waals surface area (Å²) in [7, 11) is 1.64. The Kier molecular flexibility index (Phi) is 8.08. The second kappa shape index (κ2) is 11.5. The molecule has 1 aliphatic carbocycles. The van der Waals surface area contributed by atoms with E-state index >= 15 is 0 Å². The summed E-state index contributed by atoms with van der Waals surface area (Å²) in [6, 6.07) is 17.5. The number of carbonyl (C=O) groups excluding carboxylic acids is 1. The number of amides is 1. The number of hydrogen-bond donors (Lipinski definition) is 1. The highest BCUT2D eigenvalue weighted by Gasteiger charge is 2.32. The smallest absolute Gasteiger partial charge is 0.266 e. The van der Waals surface area contributed by atoms with Crippen molar-refractivity contribution in [3.8, 4) is 16.9 Å². The van der Waals surface area contributed by atoms with Crippen LogP contribution in [0, 0.1) is 12.7 Å². The highest BCUT2D eigenvalue weighted by Crippen LogP contribution is 2.41. The lowest BCUT2D eigenvalue weighted by atomic mass is 9.90. The summed E-state index contributed by atoms with van der Waals surface area (Å²) in [4.78, 5) is 16.5. The average Bonchev–Trinajstić information content (AvgIpc) is 3.32. The third-order valence-corrected chi connectivity index (χ3v) is 9.36. The van der Waals surface area contributed by atoms with E-state index in [9.17, 15) is 9.18 Å². The Morgan fingerprint density at radius 3 is 2.46 bits per heavy atom. The molecule has 202 valence electrons. The number of carbonyl (C=O) groups is 1. The van der Waals surface area contributed by atoms with Crippen LogP contribution in [-0.4, -0.2) is 30.0 Å². The maximum absolute atomic E-state index is 14.7. The van der Waals surface area contributed by atoms with E-state index in [4.69, 9.17) is 22.1 Å². The molecular formula is C32H32ClFN2O2S. The molecule has 1 amide bonds. The summed E-state index contributed by atoms with van der Waals surface area (Å²) in [5.41, 5.74) is 11.1. The Morgan fingerprint density at radius 2 is 1.82 bits per heavy atom. The third kappa shape index (κ3) is 5.46. The number of rotatable bonds is 7. The number of hydrogen-bond acceptors (Lipinski definition) is 4. The van der Waals surface area contributed by atoms with Gasteiger partial charge in [0.1, 0.15) is 16.4 Å². The van der Waals surface area contributed by atoms with Crippen molar-refractivity contribution in [2.75, 3.05) is 7.11 Å². The maximum atomic E-state index is 14.7. The van der Waals surface area contributed by atoms with E-state index in [-0.39, 0.29) is 23.8 Å². The molecule has 1 saturated carbocycles. The fourth-order valence-corrected chi connectivity index (χ4v) is 7.04. The Hall–Kier alpha value is -3.19. The Labute approximate surface area is 237 Å². The van der Waals surface area contributed by atoms with Crippen LogP contribution in [0.5, 0.6) is 5.75 Å². The zero-order chi connectivity index (χ0) is 27.7. The van der Waals surface area contributed by atoms with Gasteiger partial charge in [-0.05, 0) is 73.1 Å². The van der Waals surface area contributed by atoms with Gasteiger partial charge in [-0.15, -0.1) is 11.3 Å². The fraction of sp³-hybridized carbons (Fsp3) is 0.281. The van der Waals surface area contributed by atoms with Crippen molar-refractivity contribution in [3.05, 3.63) is 93.6 Å². The van der Waals surface area contributed by atoms with Crippen molar-refractivity contribution in [1.82, 2.24) is 4.90 Å². The highest BCUT2D eigenvalue weighted by atomic mass is 35.5. The molecule has 0 spiro atoms. The van der Waals surface area contributed by atoms with Gasteiger partial charge in [0.05, 0.1) is 16.8 Å². The van der Waals surface area contributed by atoms with E-state index in [1.807, 2.05) is 42.2 Å². The quantitative estimate of drug-likeness (QED) is 0.247. The van der Waals surface area contributed by atoms with Crippen LogP contribution in [0.4, 0.5) is 4.39 Å². The van der Waals surface area contributed by atoms with Crippen LogP contribution in [0.3, 0.4) is 0 Å². The van der Waals surface area contributed by atoms with Crippen molar-refractivity contribution in [2.24, 2.45) is 5.73 Å². The van der Waals surface area contributed by atoms with Crippen LogP contribution in [0.1, 0.15) is 52.0 Å². The first-order valence-corrected chi connectivity index (χ1v) is 14.3. The predicted octanol–water partition coefficient (Wildman–Crippen LogP) is 8.23. The number of thiophene rings is 1. The first kappa shape index (κ1) is 27.4. The van der Waals surface area contributed by atoms with Crippen LogP contribution in [0.2, 0.25) is 5.02 Å². The zero-order valence-electron chi connectivity index (χ0n) is 22.2. The summed E-state index contributed by atoms with van der Waals surface area (Å²) in [5.74, 6) is 0.146. The molecule has 3 aromatic carbocycles. The van der Waals surface area contributed by atoms with Crippen molar-refractivity contribution in [2.45, 2.75) is 51.2 Å². The number of methoxy groups -OCH3 is 1. The largest absolute Gasteiger partial charge is 0.496 e. The molecule has 39 heavy (non-hydrogen) atoms. The second-order valence-corrected chi connectivity index (χ2v) is 11.6. The number of fused-ring (bicyclic) bond motifs is 1. The number of nitrogens with two attached hydrogens (primary N) is 1. The molecule has 0 atom stereocenters. The molecule has 0 saturated heterocycles. The Bertz CT molecular complexity index is 1520. The Balaban J connectivity index is 1.56. The van der Waals surface area contributed by atoms with E-state index in [0.717, 1.165) is 64.8 Å². The topological polar surface area (TPSA) is 55.6 Å². The molecule has 4 aromatic rings. The van der Waals surface area contributed by atoms with Gasteiger partial charge in [0.25, 0.3) is 5.91 Å². The molecule has 7 heteroatoms. The molecule has 1 heterocycles. The molecule has 1 fully saturated rings. The van der Waals surface area contributed by atoms with Crippen LogP contribution < -0.4 is 10.5 Å². The minimum absolute atomic E-state index is 0.00948. The van der Waals surface area contributed by atoms with Gasteiger partial charge in [-0.2, -0.15) is 0 Å². The molecule has 0 bridgehead atoms. The summed E-state index contributed by atoms with van der Waals surface area (Å²) in [6.07, 6.45) is 5.10. The molecule has 1 aliphatic rings. The average molecular weight is 563 g/mol. The van der Waals surface area contributed by atoms with Crippen molar-refractivity contribution < 1.29 is 13.9 Å². The van der Waals surface area contributed by atoms with Crippen LogP contribution in [0.25, 0.3) is 27.3 Å². The van der Waals surface area contributed by atoms with Crippen molar-refractivity contribution >= 4 is 45.0 Å². The van der Waals surface area contributed by atoms with Gasteiger partial charge in [0.15, 0.2) is 0 Å². The number of ether oxygens (including phenoxy) is 1. The van der Waals surface area contributed by atoms with E-state index in [1.54, 1.807) is 13.2 Å². The fourth-order valence-electron chi connectivity index (χ4n) is 5.41. The minimum Gasteiger partial charge on any atom is -0.496 e. The standard InChI is InChI=1S/C32H32ClFN2O2S/c1-4-20-6-8-21(9-7-20)22-10-16-27(38-3)23(17-22)18-36(25-13-11-24(35)12-14-25)32(37)31-29(33)28-19(2)5-15-26(34)30(28)39-31/h4-10,15-17,24-25H,1,11-14,18,35H2,2-3H3/t24-,25-. The molecule has 1 aromatic heterocycles. The number of benzene rings is 3. The summed E-state index contributed by atoms with van der Waals surface area (Å²) < 4.78 is 20.8. The minimum atomic E-state index is -0.367.